The molecule has 1 atom stereocenters. The summed E-state index contributed by atoms with van der Waals surface area (Å²) < 4.78 is 66.0. The van der Waals surface area contributed by atoms with E-state index in [0.717, 1.165) is 25.1 Å². The second-order valence-corrected chi connectivity index (χ2v) is 4.45. The van der Waals surface area contributed by atoms with Crippen molar-refractivity contribution in [3.8, 4) is 0 Å². The van der Waals surface area contributed by atoms with Crippen molar-refractivity contribution >= 4 is 0 Å². The van der Waals surface area contributed by atoms with E-state index in [2.05, 4.69) is 0 Å². The van der Waals surface area contributed by atoms with Crippen LogP contribution in [-0.2, 0) is 5.60 Å². The maximum atomic E-state index is 13.7. The minimum atomic E-state index is -2.22. The highest BCUT2D eigenvalue weighted by atomic mass is 19.2. The summed E-state index contributed by atoms with van der Waals surface area (Å²) in [6.45, 7) is 1.02. The summed E-state index contributed by atoms with van der Waals surface area (Å²) >= 11 is 0. The van der Waals surface area contributed by atoms with Crippen molar-refractivity contribution in [1.82, 2.24) is 0 Å². The van der Waals surface area contributed by atoms with E-state index in [9.17, 15) is 27.1 Å². The van der Waals surface area contributed by atoms with E-state index in [1.54, 1.807) is 0 Å². The Hall–Kier alpha value is -1.95. The molecule has 0 aliphatic carbocycles. The normalized spacial score (nSPS) is 14.2. The Labute approximate surface area is 111 Å². The van der Waals surface area contributed by atoms with E-state index in [1.807, 2.05) is 0 Å². The third kappa shape index (κ3) is 2.38. The molecule has 0 aliphatic heterocycles. The van der Waals surface area contributed by atoms with Gasteiger partial charge in [-0.2, -0.15) is 0 Å². The fourth-order valence-electron chi connectivity index (χ4n) is 1.89. The molecule has 0 bridgehead atoms. The third-order valence-corrected chi connectivity index (χ3v) is 2.98. The highest BCUT2D eigenvalue weighted by molar-refractivity contribution is 5.37. The maximum Gasteiger partial charge on any atom is 0.194 e. The van der Waals surface area contributed by atoms with Crippen molar-refractivity contribution < 1.29 is 27.1 Å². The van der Waals surface area contributed by atoms with E-state index in [0.29, 0.717) is 12.1 Å². The van der Waals surface area contributed by atoms with E-state index >= 15 is 0 Å². The van der Waals surface area contributed by atoms with Crippen molar-refractivity contribution in [3.63, 3.8) is 0 Å². The molecule has 106 valence electrons. The standard InChI is InChI=1S/C14H9F5O/c1-14(20,7-4-8(15)6-9(16)5-7)10-2-3-11(17)13(19)12(10)18/h2-6,20H,1H3. The van der Waals surface area contributed by atoms with Crippen LogP contribution >= 0.6 is 0 Å². The Morgan fingerprint density at radius 1 is 0.850 bits per heavy atom. The number of aliphatic hydroxyl groups is 1. The Kier molecular flexibility index (Phi) is 3.52. The molecule has 0 saturated heterocycles. The fraction of sp³-hybridized carbons (Fsp3) is 0.143. The zero-order valence-electron chi connectivity index (χ0n) is 10.2. The van der Waals surface area contributed by atoms with Gasteiger partial charge in [-0.1, -0.05) is 0 Å². The predicted octanol–water partition coefficient (Wildman–Crippen LogP) is 3.64. The summed E-state index contributed by atoms with van der Waals surface area (Å²) in [5.41, 5.74) is -3.16. The summed E-state index contributed by atoms with van der Waals surface area (Å²) in [5.74, 6) is -6.77. The Morgan fingerprint density at radius 2 is 1.40 bits per heavy atom. The van der Waals surface area contributed by atoms with Gasteiger partial charge in [0.05, 0.1) is 0 Å². The molecule has 0 heterocycles. The summed E-state index contributed by atoms with van der Waals surface area (Å²) in [5, 5.41) is 10.2. The summed E-state index contributed by atoms with van der Waals surface area (Å²) in [4.78, 5) is 0. The lowest BCUT2D eigenvalue weighted by Crippen LogP contribution is -2.25. The van der Waals surface area contributed by atoms with Gasteiger partial charge in [0.2, 0.25) is 0 Å². The average Bonchev–Trinajstić information content (AvgIpc) is 2.34. The molecule has 0 spiro atoms. The van der Waals surface area contributed by atoms with Gasteiger partial charge in [0.15, 0.2) is 17.5 Å². The first kappa shape index (κ1) is 14.5. The van der Waals surface area contributed by atoms with Crippen LogP contribution < -0.4 is 0 Å². The molecule has 1 unspecified atom stereocenters. The molecular weight excluding hydrogens is 279 g/mol. The van der Waals surface area contributed by atoms with Crippen LogP contribution in [0.15, 0.2) is 30.3 Å². The van der Waals surface area contributed by atoms with Crippen LogP contribution in [-0.4, -0.2) is 5.11 Å². The molecule has 1 N–H and O–H groups in total. The van der Waals surface area contributed by atoms with E-state index in [1.165, 1.54) is 0 Å². The molecule has 2 rings (SSSR count). The lowest BCUT2D eigenvalue weighted by Gasteiger charge is -2.25. The fourth-order valence-corrected chi connectivity index (χ4v) is 1.89. The Morgan fingerprint density at radius 3 is 1.95 bits per heavy atom. The highest BCUT2D eigenvalue weighted by Gasteiger charge is 2.32. The second-order valence-electron chi connectivity index (χ2n) is 4.45. The van der Waals surface area contributed by atoms with Gasteiger partial charge in [0.25, 0.3) is 0 Å². The lowest BCUT2D eigenvalue weighted by molar-refractivity contribution is 0.0959. The van der Waals surface area contributed by atoms with Crippen molar-refractivity contribution in [1.29, 1.82) is 0 Å². The number of halogens is 5. The Bertz CT molecular complexity index is 647. The van der Waals surface area contributed by atoms with Crippen molar-refractivity contribution in [2.24, 2.45) is 0 Å². The van der Waals surface area contributed by atoms with Crippen LogP contribution in [0.4, 0.5) is 22.0 Å². The summed E-state index contributed by atoms with van der Waals surface area (Å²) in [6.07, 6.45) is 0. The van der Waals surface area contributed by atoms with Crippen molar-refractivity contribution in [2.75, 3.05) is 0 Å². The van der Waals surface area contributed by atoms with Gasteiger partial charge in [-0.05, 0) is 36.8 Å². The minimum absolute atomic E-state index is 0.320. The van der Waals surface area contributed by atoms with Gasteiger partial charge in [-0.3, -0.25) is 0 Å². The van der Waals surface area contributed by atoms with E-state index in [-0.39, 0.29) is 5.56 Å². The Balaban J connectivity index is 2.63. The number of rotatable bonds is 2. The summed E-state index contributed by atoms with van der Waals surface area (Å²) in [7, 11) is 0. The van der Waals surface area contributed by atoms with Gasteiger partial charge in [-0.25, -0.2) is 22.0 Å². The SMILES string of the molecule is CC(O)(c1cc(F)cc(F)c1)c1ccc(F)c(F)c1F. The molecule has 2 aromatic carbocycles. The molecule has 0 fully saturated rings. The minimum Gasteiger partial charge on any atom is -0.381 e. The summed E-state index contributed by atoms with van der Waals surface area (Å²) in [6, 6.07) is 3.57. The van der Waals surface area contributed by atoms with Crippen LogP contribution in [0.5, 0.6) is 0 Å². The van der Waals surface area contributed by atoms with Gasteiger partial charge >= 0.3 is 0 Å². The number of hydrogen-bond acceptors (Lipinski definition) is 1. The van der Waals surface area contributed by atoms with Crippen LogP contribution in [0.25, 0.3) is 0 Å². The van der Waals surface area contributed by atoms with Gasteiger partial charge in [0.1, 0.15) is 17.2 Å². The first-order valence-electron chi connectivity index (χ1n) is 5.56. The number of hydrogen-bond donors (Lipinski definition) is 1. The zero-order valence-corrected chi connectivity index (χ0v) is 10.2. The maximum absolute atomic E-state index is 13.7. The topological polar surface area (TPSA) is 20.2 Å². The number of benzene rings is 2. The molecule has 0 saturated carbocycles. The van der Waals surface area contributed by atoms with E-state index < -0.39 is 40.3 Å². The van der Waals surface area contributed by atoms with Crippen LogP contribution in [0.1, 0.15) is 18.1 Å². The van der Waals surface area contributed by atoms with Crippen LogP contribution in [0, 0.1) is 29.1 Å². The largest absolute Gasteiger partial charge is 0.381 e. The smallest absolute Gasteiger partial charge is 0.194 e. The molecule has 2 aromatic rings. The van der Waals surface area contributed by atoms with Gasteiger partial charge in [-0.15, -0.1) is 0 Å². The molecular formula is C14H9F5O. The zero-order chi connectivity index (χ0) is 15.1. The van der Waals surface area contributed by atoms with Crippen LogP contribution in [0.3, 0.4) is 0 Å². The molecule has 0 amide bonds. The average molecular weight is 288 g/mol. The van der Waals surface area contributed by atoms with Gasteiger partial charge in [0, 0.05) is 11.6 Å². The first-order chi connectivity index (χ1) is 9.23. The third-order valence-electron chi connectivity index (χ3n) is 2.98. The van der Waals surface area contributed by atoms with Crippen LogP contribution in [0.2, 0.25) is 0 Å². The quantitative estimate of drug-likeness (QED) is 0.661. The molecule has 0 aliphatic rings. The van der Waals surface area contributed by atoms with Gasteiger partial charge < -0.3 is 5.11 Å². The molecule has 0 radical (unpaired) electrons. The van der Waals surface area contributed by atoms with Crippen molar-refractivity contribution in [2.45, 2.75) is 12.5 Å². The van der Waals surface area contributed by atoms with E-state index in [4.69, 9.17) is 0 Å². The van der Waals surface area contributed by atoms with Crippen molar-refractivity contribution in [3.05, 3.63) is 70.5 Å². The predicted molar refractivity (Wildman–Crippen MR) is 61.3 cm³/mol. The molecule has 1 nitrogen and oxygen atoms in total. The monoisotopic (exact) mass is 288 g/mol. The lowest BCUT2D eigenvalue weighted by atomic mass is 9.87. The molecule has 6 heteroatoms. The molecule has 20 heavy (non-hydrogen) atoms. The first-order valence-corrected chi connectivity index (χ1v) is 5.56. The second kappa shape index (κ2) is 4.86. The molecule has 0 aromatic heterocycles. The highest BCUT2D eigenvalue weighted by Crippen LogP contribution is 2.33.